The third kappa shape index (κ3) is 7.84. The Morgan fingerprint density at radius 2 is 1.14 bits per heavy atom. The van der Waals surface area contributed by atoms with E-state index < -0.39 is 42.9 Å². The zero-order valence-electron chi connectivity index (χ0n) is 11.5. The van der Waals surface area contributed by atoms with Crippen molar-refractivity contribution in [3.05, 3.63) is 0 Å². The van der Waals surface area contributed by atoms with E-state index in [2.05, 4.69) is 9.47 Å². The van der Waals surface area contributed by atoms with Gasteiger partial charge < -0.3 is 19.7 Å². The lowest BCUT2D eigenvalue weighted by atomic mass is 10.4. The second-order valence-corrected chi connectivity index (χ2v) is 3.46. The number of aliphatic carboxylic acids is 2. The predicted octanol–water partition coefficient (Wildman–Crippen LogP) is -0.293. The first kappa shape index (κ1) is 18.8. The molecule has 0 radical (unpaired) electrons. The molecule has 0 aromatic carbocycles. The smallest absolute Gasteiger partial charge is 0.481 e. The van der Waals surface area contributed by atoms with Gasteiger partial charge in [-0.2, -0.15) is 0 Å². The second-order valence-electron chi connectivity index (χ2n) is 3.46. The van der Waals surface area contributed by atoms with E-state index in [4.69, 9.17) is 19.7 Å². The fraction of sp³-hybridized carbons (Fsp3) is 0.636. The van der Waals surface area contributed by atoms with Crippen LogP contribution >= 0.6 is 0 Å². The summed E-state index contributed by atoms with van der Waals surface area (Å²) in [6, 6.07) is 0. The van der Waals surface area contributed by atoms with Crippen molar-refractivity contribution in [2.24, 2.45) is 0 Å². The zero-order valence-corrected chi connectivity index (χ0v) is 11.5. The van der Waals surface area contributed by atoms with Gasteiger partial charge in [-0.25, -0.2) is 0 Å². The van der Waals surface area contributed by atoms with Crippen molar-refractivity contribution in [3.8, 4) is 0 Å². The molecule has 0 spiro atoms. The third-order valence-electron chi connectivity index (χ3n) is 1.71. The maximum absolute atomic E-state index is 11.4. The van der Waals surface area contributed by atoms with E-state index in [0.29, 0.717) is 0 Å². The van der Waals surface area contributed by atoms with Crippen LogP contribution in [-0.4, -0.2) is 53.5 Å². The monoisotopic (exact) mass is 308 g/mol. The minimum atomic E-state index is -2.61. The minimum absolute atomic E-state index is 0.124. The largest absolute Gasteiger partial charge is 0.514 e. The van der Waals surface area contributed by atoms with Crippen molar-refractivity contribution in [2.75, 3.05) is 13.2 Å². The van der Waals surface area contributed by atoms with Crippen LogP contribution in [0.2, 0.25) is 0 Å². The topological polar surface area (TPSA) is 146 Å². The van der Waals surface area contributed by atoms with Gasteiger partial charge in [0.15, 0.2) is 0 Å². The molecule has 2 N–H and O–H groups in total. The van der Waals surface area contributed by atoms with Gasteiger partial charge in [0, 0.05) is 0 Å². The number of hydrogen-bond donors (Lipinski definition) is 2. The van der Waals surface area contributed by atoms with Gasteiger partial charge in [-0.1, -0.05) is 0 Å². The highest BCUT2D eigenvalue weighted by Crippen LogP contribution is 2.19. The van der Waals surface area contributed by atoms with E-state index in [9.17, 15) is 19.2 Å². The molecule has 0 aromatic heterocycles. The molecule has 0 bridgehead atoms. The molecule has 0 rings (SSSR count). The summed E-state index contributed by atoms with van der Waals surface area (Å²) in [6.45, 7) is 2.68. The molecule has 0 heterocycles. The van der Waals surface area contributed by atoms with Crippen LogP contribution in [0.1, 0.15) is 26.7 Å². The molecule has 10 nitrogen and oxygen atoms in total. The average Bonchev–Trinajstić information content (AvgIpc) is 2.26. The fourth-order valence-electron chi connectivity index (χ4n) is 1.13. The summed E-state index contributed by atoms with van der Waals surface area (Å²) < 4.78 is 18.9. The van der Waals surface area contributed by atoms with Crippen LogP contribution < -0.4 is 0 Å². The Labute approximate surface area is 119 Å². The first-order valence-corrected chi connectivity index (χ1v) is 5.89. The molecular formula is C11H16O10. The Kier molecular flexibility index (Phi) is 7.94. The van der Waals surface area contributed by atoms with Gasteiger partial charge >= 0.3 is 30.0 Å². The molecule has 10 heteroatoms. The molecule has 0 aliphatic carbocycles. The van der Waals surface area contributed by atoms with E-state index in [1.807, 2.05) is 0 Å². The number of esters is 2. The third-order valence-corrected chi connectivity index (χ3v) is 1.71. The molecule has 0 saturated heterocycles. The van der Waals surface area contributed by atoms with Crippen LogP contribution in [0.3, 0.4) is 0 Å². The number of carboxylic acids is 2. The van der Waals surface area contributed by atoms with Crippen LogP contribution in [0.4, 0.5) is 0 Å². The number of hydrogen-bond acceptors (Lipinski definition) is 8. The Morgan fingerprint density at radius 3 is 1.38 bits per heavy atom. The predicted molar refractivity (Wildman–Crippen MR) is 62.7 cm³/mol. The minimum Gasteiger partial charge on any atom is -0.481 e. The molecule has 0 aliphatic heterocycles. The quantitative estimate of drug-likeness (QED) is 0.313. The van der Waals surface area contributed by atoms with E-state index in [0.717, 1.165) is 0 Å². The van der Waals surface area contributed by atoms with Crippen LogP contribution in [0, 0.1) is 0 Å². The molecule has 0 aromatic rings. The van der Waals surface area contributed by atoms with Crippen molar-refractivity contribution in [1.82, 2.24) is 0 Å². The van der Waals surface area contributed by atoms with Crippen molar-refractivity contribution < 1.29 is 48.3 Å². The first-order valence-electron chi connectivity index (χ1n) is 5.89. The number of ether oxygens (including phenoxy) is 4. The summed E-state index contributed by atoms with van der Waals surface area (Å²) in [4.78, 5) is 43.5. The number of carboxylic acid groups (broad SMARTS) is 2. The van der Waals surface area contributed by atoms with Gasteiger partial charge in [-0.05, 0) is 13.8 Å². The van der Waals surface area contributed by atoms with Crippen molar-refractivity contribution in [1.29, 1.82) is 0 Å². The summed E-state index contributed by atoms with van der Waals surface area (Å²) >= 11 is 0. The van der Waals surface area contributed by atoms with Crippen LogP contribution in [-0.2, 0) is 38.1 Å². The van der Waals surface area contributed by atoms with Gasteiger partial charge in [0.1, 0.15) is 12.8 Å². The fourth-order valence-corrected chi connectivity index (χ4v) is 1.13. The molecule has 21 heavy (non-hydrogen) atoms. The number of carbonyl (C=O) groups is 4. The summed E-state index contributed by atoms with van der Waals surface area (Å²) in [6.07, 6.45) is -4.64. The van der Waals surface area contributed by atoms with E-state index in [-0.39, 0.29) is 13.2 Å². The van der Waals surface area contributed by atoms with Crippen LogP contribution in [0.25, 0.3) is 0 Å². The molecule has 0 aliphatic rings. The molecule has 120 valence electrons. The average molecular weight is 308 g/mol. The van der Waals surface area contributed by atoms with Crippen LogP contribution in [0.5, 0.6) is 0 Å². The highest BCUT2D eigenvalue weighted by molar-refractivity contribution is 5.91. The molecule has 0 amide bonds. The van der Waals surface area contributed by atoms with E-state index in [1.54, 1.807) is 0 Å². The Bertz CT molecular complexity index is 364. The Balaban J connectivity index is 5.04. The normalized spacial score (nSPS) is 10.8. The summed E-state index contributed by atoms with van der Waals surface area (Å²) in [5, 5.41) is 16.9. The summed E-state index contributed by atoms with van der Waals surface area (Å²) in [5.74, 6) is -5.52. The maximum Gasteiger partial charge on any atom is 0.514 e. The van der Waals surface area contributed by atoms with Crippen LogP contribution in [0.15, 0.2) is 0 Å². The Morgan fingerprint density at radius 1 is 0.810 bits per heavy atom. The Hall–Kier alpha value is -2.20. The lowest BCUT2D eigenvalue weighted by Gasteiger charge is -2.29. The zero-order chi connectivity index (χ0) is 16.5. The molecule has 0 saturated carbocycles. The molecule has 0 fully saturated rings. The van der Waals surface area contributed by atoms with Gasteiger partial charge in [0.2, 0.25) is 0 Å². The highest BCUT2D eigenvalue weighted by atomic mass is 17.0. The summed E-state index contributed by atoms with van der Waals surface area (Å²) in [5.41, 5.74) is 0. The number of rotatable bonds is 10. The molecule has 0 unspecified atom stereocenters. The van der Waals surface area contributed by atoms with Gasteiger partial charge in [-0.15, -0.1) is 0 Å². The maximum atomic E-state index is 11.4. The highest BCUT2D eigenvalue weighted by Gasteiger charge is 2.43. The lowest BCUT2D eigenvalue weighted by molar-refractivity contribution is -0.464. The van der Waals surface area contributed by atoms with Gasteiger partial charge in [-0.3, -0.25) is 28.7 Å². The van der Waals surface area contributed by atoms with E-state index >= 15 is 0 Å². The van der Waals surface area contributed by atoms with Crippen molar-refractivity contribution in [3.63, 3.8) is 0 Å². The molecule has 0 atom stereocenters. The SMILES string of the molecule is CCOC(OCC)(OC(=O)CC(=O)O)OC(=O)CC(=O)O. The molecular weight excluding hydrogens is 292 g/mol. The van der Waals surface area contributed by atoms with Crippen molar-refractivity contribution in [2.45, 2.75) is 32.8 Å². The van der Waals surface area contributed by atoms with Crippen molar-refractivity contribution >= 4 is 23.9 Å². The van der Waals surface area contributed by atoms with E-state index in [1.165, 1.54) is 13.8 Å². The summed E-state index contributed by atoms with van der Waals surface area (Å²) in [7, 11) is 0. The second kappa shape index (κ2) is 8.87. The standard InChI is InChI=1S/C11H16O10/c1-3-18-11(19-4-2,20-9(16)5-7(12)13)21-10(17)6-8(14)15/h3-6H2,1-2H3,(H,12,13)(H,14,15). The first-order chi connectivity index (χ1) is 9.74. The van der Waals surface area contributed by atoms with Gasteiger partial charge in [0.25, 0.3) is 0 Å². The van der Waals surface area contributed by atoms with Gasteiger partial charge in [0.05, 0.1) is 13.2 Å². The number of carbonyl (C=O) groups excluding carboxylic acids is 2. The lowest BCUT2D eigenvalue weighted by Crippen LogP contribution is -2.46.